The van der Waals surface area contributed by atoms with Gasteiger partial charge in [-0.05, 0) is 15.9 Å². The van der Waals surface area contributed by atoms with Crippen LogP contribution in [0, 0.1) is 0 Å². The number of hydrogen-bond acceptors (Lipinski definition) is 5. The van der Waals surface area contributed by atoms with Gasteiger partial charge >= 0.3 is 0 Å². The van der Waals surface area contributed by atoms with E-state index in [1.807, 2.05) is 5.38 Å². The number of thiophene rings is 1. The molecule has 2 aromatic heterocycles. The lowest BCUT2D eigenvalue weighted by Crippen LogP contribution is -2.04. The lowest BCUT2D eigenvalue weighted by Gasteiger charge is -2.01. The number of hydrogen-bond donors (Lipinski definition) is 0. The highest BCUT2D eigenvalue weighted by molar-refractivity contribution is 9.10. The molecule has 0 saturated carbocycles. The van der Waals surface area contributed by atoms with Crippen molar-refractivity contribution in [3.8, 4) is 5.88 Å². The predicted octanol–water partition coefficient (Wildman–Crippen LogP) is 2.54. The Labute approximate surface area is 104 Å². The summed E-state index contributed by atoms with van der Waals surface area (Å²) in [5.41, 5.74) is 0.928. The van der Waals surface area contributed by atoms with E-state index in [1.165, 1.54) is 30.8 Å². The van der Waals surface area contributed by atoms with Crippen LogP contribution in [0.1, 0.15) is 16.1 Å². The second-order valence-electron chi connectivity index (χ2n) is 2.91. The summed E-state index contributed by atoms with van der Waals surface area (Å²) in [5, 5.41) is 3.63. The van der Waals surface area contributed by atoms with Crippen LogP contribution in [0.2, 0.25) is 0 Å². The molecule has 0 saturated heterocycles. The molecule has 0 radical (unpaired) electrons. The third-order valence-electron chi connectivity index (χ3n) is 1.94. The van der Waals surface area contributed by atoms with Crippen molar-refractivity contribution in [2.45, 2.75) is 0 Å². The maximum absolute atomic E-state index is 12.0. The largest absolute Gasteiger partial charge is 0.481 e. The van der Waals surface area contributed by atoms with Crippen molar-refractivity contribution in [2.75, 3.05) is 7.11 Å². The number of carbonyl (C=O) groups is 1. The molecule has 4 nitrogen and oxygen atoms in total. The Morgan fingerprint density at radius 3 is 2.88 bits per heavy atom. The zero-order valence-electron chi connectivity index (χ0n) is 8.31. The van der Waals surface area contributed by atoms with E-state index >= 15 is 0 Å². The van der Waals surface area contributed by atoms with Crippen LogP contribution in [-0.4, -0.2) is 22.9 Å². The number of ether oxygens (including phenoxy) is 1. The van der Waals surface area contributed by atoms with Gasteiger partial charge in [0.25, 0.3) is 0 Å². The molecule has 0 aliphatic heterocycles. The van der Waals surface area contributed by atoms with E-state index < -0.39 is 0 Å². The minimum absolute atomic E-state index is 0.145. The summed E-state index contributed by atoms with van der Waals surface area (Å²) in [6.45, 7) is 0. The number of carbonyl (C=O) groups excluding carboxylic acids is 1. The third kappa shape index (κ3) is 2.12. The number of halogens is 1. The van der Waals surface area contributed by atoms with Gasteiger partial charge in [0.1, 0.15) is 12.0 Å². The van der Waals surface area contributed by atoms with Crippen molar-refractivity contribution in [1.29, 1.82) is 0 Å². The first-order valence-corrected chi connectivity index (χ1v) is 6.08. The van der Waals surface area contributed by atoms with Crippen molar-refractivity contribution >= 4 is 33.0 Å². The van der Waals surface area contributed by atoms with Gasteiger partial charge in [-0.15, -0.1) is 0 Å². The number of rotatable bonds is 3. The Balaban J connectivity index is 2.38. The van der Waals surface area contributed by atoms with E-state index in [9.17, 15) is 4.79 Å². The van der Waals surface area contributed by atoms with Gasteiger partial charge in [-0.2, -0.15) is 11.3 Å². The fraction of sp³-hybridized carbons (Fsp3) is 0.100. The summed E-state index contributed by atoms with van der Waals surface area (Å²) >= 11 is 4.77. The summed E-state index contributed by atoms with van der Waals surface area (Å²) in [5.74, 6) is 0.235. The fourth-order valence-corrected chi connectivity index (χ4v) is 2.61. The second kappa shape index (κ2) is 4.71. The minimum Gasteiger partial charge on any atom is -0.481 e. The summed E-state index contributed by atoms with van der Waals surface area (Å²) in [4.78, 5) is 19.8. The Morgan fingerprint density at radius 1 is 1.44 bits per heavy atom. The van der Waals surface area contributed by atoms with Crippen LogP contribution in [0.5, 0.6) is 5.88 Å². The first-order valence-electron chi connectivity index (χ1n) is 4.35. The molecule has 0 amide bonds. The summed E-state index contributed by atoms with van der Waals surface area (Å²) in [6.07, 6.45) is 1.31. The second-order valence-corrected chi connectivity index (χ2v) is 4.51. The van der Waals surface area contributed by atoms with Crippen LogP contribution in [-0.2, 0) is 0 Å². The molecule has 0 bridgehead atoms. The molecule has 0 atom stereocenters. The van der Waals surface area contributed by atoms with Gasteiger partial charge in [-0.25, -0.2) is 9.97 Å². The van der Waals surface area contributed by atoms with E-state index in [4.69, 9.17) is 4.74 Å². The highest BCUT2D eigenvalue weighted by atomic mass is 79.9. The zero-order valence-corrected chi connectivity index (χ0v) is 10.7. The molecule has 6 heteroatoms. The van der Waals surface area contributed by atoms with Crippen molar-refractivity contribution in [1.82, 2.24) is 9.97 Å². The first kappa shape index (κ1) is 11.2. The minimum atomic E-state index is -0.145. The van der Waals surface area contributed by atoms with Gasteiger partial charge in [-0.3, -0.25) is 4.79 Å². The van der Waals surface area contributed by atoms with Crippen molar-refractivity contribution in [2.24, 2.45) is 0 Å². The molecule has 2 aromatic rings. The molecule has 0 aromatic carbocycles. The first-order chi connectivity index (χ1) is 7.72. The average molecular weight is 299 g/mol. The van der Waals surface area contributed by atoms with Gasteiger partial charge in [0, 0.05) is 26.9 Å². The van der Waals surface area contributed by atoms with Crippen molar-refractivity contribution in [3.63, 3.8) is 0 Å². The number of methoxy groups -OCH3 is 1. The van der Waals surface area contributed by atoms with Crippen molar-refractivity contribution in [3.05, 3.63) is 38.9 Å². The standard InChI is InChI=1S/C10H7BrN2O2S/c1-15-9-2-8(12-5-13-9)10(14)6-3-16-4-7(6)11/h2-5H,1H3. The number of aromatic nitrogens is 2. The SMILES string of the molecule is COc1cc(C(=O)c2cscc2Br)ncn1. The Hall–Kier alpha value is -1.27. The van der Waals surface area contributed by atoms with E-state index in [0.717, 1.165) is 4.47 Å². The third-order valence-corrected chi connectivity index (χ3v) is 3.65. The van der Waals surface area contributed by atoms with Gasteiger partial charge < -0.3 is 4.74 Å². The number of nitrogens with zero attached hydrogens (tertiary/aromatic N) is 2. The summed E-state index contributed by atoms with van der Waals surface area (Å²) in [7, 11) is 1.50. The molecule has 2 rings (SSSR count). The topological polar surface area (TPSA) is 52.1 Å². The maximum atomic E-state index is 12.0. The molecule has 82 valence electrons. The lowest BCUT2D eigenvalue weighted by molar-refractivity contribution is 0.103. The highest BCUT2D eigenvalue weighted by Crippen LogP contribution is 2.24. The highest BCUT2D eigenvalue weighted by Gasteiger charge is 2.15. The van der Waals surface area contributed by atoms with Crippen LogP contribution in [0.15, 0.2) is 27.6 Å². The Kier molecular flexibility index (Phi) is 3.31. The lowest BCUT2D eigenvalue weighted by atomic mass is 10.1. The molecule has 0 fully saturated rings. The normalized spacial score (nSPS) is 10.1. The van der Waals surface area contributed by atoms with Crippen LogP contribution in [0.3, 0.4) is 0 Å². The molecular weight excluding hydrogens is 292 g/mol. The summed E-state index contributed by atoms with van der Waals surface area (Å²) < 4.78 is 5.72. The maximum Gasteiger partial charge on any atom is 0.216 e. The molecule has 0 N–H and O–H groups in total. The monoisotopic (exact) mass is 298 g/mol. The molecule has 0 aliphatic rings. The molecule has 0 spiro atoms. The zero-order chi connectivity index (χ0) is 11.5. The summed E-state index contributed by atoms with van der Waals surface area (Å²) in [6, 6.07) is 1.52. The molecule has 0 unspecified atom stereocenters. The van der Waals surface area contributed by atoms with Crippen LogP contribution in [0.25, 0.3) is 0 Å². The average Bonchev–Trinajstić information content (AvgIpc) is 2.74. The van der Waals surface area contributed by atoms with Gasteiger partial charge in [0.15, 0.2) is 0 Å². The molecule has 16 heavy (non-hydrogen) atoms. The van der Waals surface area contributed by atoms with Crippen LogP contribution >= 0.6 is 27.3 Å². The smallest absolute Gasteiger partial charge is 0.216 e. The van der Waals surface area contributed by atoms with Crippen molar-refractivity contribution < 1.29 is 9.53 Å². The van der Waals surface area contributed by atoms with Gasteiger partial charge in [0.05, 0.1) is 7.11 Å². The Morgan fingerprint density at radius 2 is 2.25 bits per heavy atom. The van der Waals surface area contributed by atoms with E-state index in [-0.39, 0.29) is 5.78 Å². The quantitative estimate of drug-likeness (QED) is 0.817. The van der Waals surface area contributed by atoms with E-state index in [0.29, 0.717) is 17.1 Å². The van der Waals surface area contributed by atoms with Gasteiger partial charge in [0.2, 0.25) is 11.7 Å². The molecule has 2 heterocycles. The molecule has 0 aliphatic carbocycles. The predicted molar refractivity (Wildman–Crippen MR) is 64.0 cm³/mol. The number of ketones is 1. The van der Waals surface area contributed by atoms with Crippen LogP contribution in [0.4, 0.5) is 0 Å². The van der Waals surface area contributed by atoms with E-state index in [2.05, 4.69) is 25.9 Å². The van der Waals surface area contributed by atoms with E-state index in [1.54, 1.807) is 5.38 Å². The van der Waals surface area contributed by atoms with Crippen LogP contribution < -0.4 is 4.74 Å². The molecular formula is C10H7BrN2O2S. The fourth-order valence-electron chi connectivity index (χ4n) is 1.16. The van der Waals surface area contributed by atoms with Gasteiger partial charge in [-0.1, -0.05) is 0 Å². The Bertz CT molecular complexity index is 527.